The molecule has 0 saturated heterocycles. The quantitative estimate of drug-likeness (QED) is 0.760. The molecule has 1 aromatic carbocycles. The molecule has 0 aromatic heterocycles. The van der Waals surface area contributed by atoms with Gasteiger partial charge in [-0.05, 0) is 41.8 Å². The van der Waals surface area contributed by atoms with E-state index in [4.69, 9.17) is 11.5 Å². The van der Waals surface area contributed by atoms with Crippen LogP contribution in [-0.2, 0) is 6.42 Å². The first kappa shape index (κ1) is 12.4. The second kappa shape index (κ2) is 6.01. The molecule has 16 heavy (non-hydrogen) atoms. The molecule has 0 heterocycles. The molecule has 86 valence electrons. The van der Waals surface area contributed by atoms with E-state index in [9.17, 15) is 0 Å². The summed E-state index contributed by atoms with van der Waals surface area (Å²) in [6.07, 6.45) is 6.11. The van der Waals surface area contributed by atoms with Gasteiger partial charge in [-0.25, -0.2) is 0 Å². The van der Waals surface area contributed by atoms with Crippen molar-refractivity contribution in [2.45, 2.75) is 20.3 Å². The molecule has 0 bridgehead atoms. The number of hydrogen-bond acceptors (Lipinski definition) is 2. The molecule has 0 aliphatic rings. The van der Waals surface area contributed by atoms with Crippen LogP contribution >= 0.6 is 0 Å². The monoisotopic (exact) mass is 216 g/mol. The van der Waals surface area contributed by atoms with Crippen molar-refractivity contribution in [1.29, 1.82) is 0 Å². The number of hydrogen-bond donors (Lipinski definition) is 2. The summed E-state index contributed by atoms with van der Waals surface area (Å²) in [5.74, 6) is 0.680. The maximum atomic E-state index is 5.89. The smallest absolute Gasteiger partial charge is 0.0388 e. The summed E-state index contributed by atoms with van der Waals surface area (Å²) in [6, 6.07) is 8.35. The van der Waals surface area contributed by atoms with Gasteiger partial charge in [-0.1, -0.05) is 38.1 Å². The third kappa shape index (κ3) is 3.81. The second-order valence-corrected chi connectivity index (χ2v) is 4.30. The Hall–Kier alpha value is -1.70. The van der Waals surface area contributed by atoms with E-state index in [-0.39, 0.29) is 0 Å². The molecule has 0 atom stereocenters. The van der Waals surface area contributed by atoms with Gasteiger partial charge in [0.15, 0.2) is 0 Å². The number of allylic oxidation sites excluding steroid dienone is 2. The van der Waals surface area contributed by atoms with Gasteiger partial charge in [0.1, 0.15) is 0 Å². The summed E-state index contributed by atoms with van der Waals surface area (Å²) in [5.41, 5.74) is 14.3. The normalized spacial score (nSPS) is 12.6. The fraction of sp³-hybridized carbons (Fsp3) is 0.286. The van der Waals surface area contributed by atoms with Crippen LogP contribution in [0.4, 0.5) is 0 Å². The molecule has 0 aliphatic carbocycles. The first-order valence-corrected chi connectivity index (χ1v) is 5.57. The van der Waals surface area contributed by atoms with Gasteiger partial charge < -0.3 is 11.5 Å². The largest absolute Gasteiger partial charge is 0.405 e. The van der Waals surface area contributed by atoms with Crippen molar-refractivity contribution in [3.05, 3.63) is 53.7 Å². The minimum absolute atomic E-state index is 0.680. The topological polar surface area (TPSA) is 52.0 Å². The molecule has 0 aliphatic heterocycles. The van der Waals surface area contributed by atoms with E-state index >= 15 is 0 Å². The Kier molecular flexibility index (Phi) is 4.65. The van der Waals surface area contributed by atoms with Gasteiger partial charge in [0.05, 0.1) is 0 Å². The Morgan fingerprint density at radius 1 is 1.25 bits per heavy atom. The molecule has 0 amide bonds. The summed E-state index contributed by atoms with van der Waals surface area (Å²) < 4.78 is 0. The molecule has 2 heteroatoms. The minimum Gasteiger partial charge on any atom is -0.405 e. The third-order valence-corrected chi connectivity index (χ3v) is 2.32. The van der Waals surface area contributed by atoms with Crippen LogP contribution in [0.3, 0.4) is 0 Å². The summed E-state index contributed by atoms with van der Waals surface area (Å²) in [6.45, 7) is 4.43. The van der Waals surface area contributed by atoms with Crippen LogP contribution in [0.2, 0.25) is 0 Å². The van der Waals surface area contributed by atoms with Crippen LogP contribution in [0.1, 0.15) is 25.0 Å². The van der Waals surface area contributed by atoms with Gasteiger partial charge >= 0.3 is 0 Å². The van der Waals surface area contributed by atoms with Crippen LogP contribution in [0.15, 0.2) is 42.6 Å². The fourth-order valence-electron chi connectivity index (χ4n) is 1.56. The van der Waals surface area contributed by atoms with E-state index in [1.165, 1.54) is 11.8 Å². The fourth-order valence-corrected chi connectivity index (χ4v) is 1.56. The zero-order chi connectivity index (χ0) is 12.0. The zero-order valence-electron chi connectivity index (χ0n) is 9.98. The molecule has 0 unspecified atom stereocenters. The van der Waals surface area contributed by atoms with E-state index in [1.54, 1.807) is 12.2 Å². The summed E-state index contributed by atoms with van der Waals surface area (Å²) in [5, 5.41) is 0. The molecular formula is C14H20N2. The number of rotatable bonds is 4. The van der Waals surface area contributed by atoms with Gasteiger partial charge in [-0.2, -0.15) is 0 Å². The van der Waals surface area contributed by atoms with Crippen molar-refractivity contribution in [2.75, 3.05) is 0 Å². The SMILES string of the molecule is CC(C)Cc1ccc(/C(N)=C/C=C\N)cc1. The van der Waals surface area contributed by atoms with E-state index < -0.39 is 0 Å². The molecule has 0 saturated carbocycles. The molecule has 2 nitrogen and oxygen atoms in total. The lowest BCUT2D eigenvalue weighted by Gasteiger charge is -2.06. The van der Waals surface area contributed by atoms with Crippen LogP contribution in [-0.4, -0.2) is 0 Å². The Morgan fingerprint density at radius 2 is 1.88 bits per heavy atom. The highest BCUT2D eigenvalue weighted by atomic mass is 14.6. The zero-order valence-corrected chi connectivity index (χ0v) is 9.98. The lowest BCUT2D eigenvalue weighted by atomic mass is 10.0. The summed E-state index contributed by atoms with van der Waals surface area (Å²) >= 11 is 0. The van der Waals surface area contributed by atoms with E-state index in [0.717, 1.165) is 17.7 Å². The van der Waals surface area contributed by atoms with E-state index in [1.807, 2.05) is 12.1 Å². The molecule has 0 fully saturated rings. The van der Waals surface area contributed by atoms with Crippen LogP contribution in [0, 0.1) is 5.92 Å². The second-order valence-electron chi connectivity index (χ2n) is 4.30. The van der Waals surface area contributed by atoms with Crippen LogP contribution in [0.25, 0.3) is 5.70 Å². The van der Waals surface area contributed by atoms with E-state index in [2.05, 4.69) is 26.0 Å². The molecule has 0 spiro atoms. The van der Waals surface area contributed by atoms with Gasteiger partial charge in [0, 0.05) is 5.70 Å². The summed E-state index contributed by atoms with van der Waals surface area (Å²) in [7, 11) is 0. The van der Waals surface area contributed by atoms with E-state index in [0.29, 0.717) is 5.92 Å². The summed E-state index contributed by atoms with van der Waals surface area (Å²) in [4.78, 5) is 0. The van der Waals surface area contributed by atoms with Gasteiger partial charge in [0.2, 0.25) is 0 Å². The van der Waals surface area contributed by atoms with Crippen molar-refractivity contribution in [3.8, 4) is 0 Å². The maximum absolute atomic E-state index is 5.89. The van der Waals surface area contributed by atoms with Crippen molar-refractivity contribution in [2.24, 2.45) is 17.4 Å². The number of nitrogens with two attached hydrogens (primary N) is 2. The average molecular weight is 216 g/mol. The minimum atomic E-state index is 0.680. The Morgan fingerprint density at radius 3 is 2.38 bits per heavy atom. The highest BCUT2D eigenvalue weighted by Gasteiger charge is 1.99. The molecular weight excluding hydrogens is 196 g/mol. The first-order chi connectivity index (χ1) is 7.63. The van der Waals surface area contributed by atoms with Crippen molar-refractivity contribution < 1.29 is 0 Å². The predicted molar refractivity (Wildman–Crippen MR) is 70.5 cm³/mol. The van der Waals surface area contributed by atoms with Gasteiger partial charge in [0.25, 0.3) is 0 Å². The highest BCUT2D eigenvalue weighted by molar-refractivity contribution is 5.64. The number of benzene rings is 1. The van der Waals surface area contributed by atoms with Crippen LogP contribution in [0.5, 0.6) is 0 Å². The van der Waals surface area contributed by atoms with Crippen molar-refractivity contribution in [3.63, 3.8) is 0 Å². The Labute approximate surface area is 97.7 Å². The predicted octanol–water partition coefficient (Wildman–Crippen LogP) is 2.66. The lowest BCUT2D eigenvalue weighted by molar-refractivity contribution is 0.647. The third-order valence-electron chi connectivity index (χ3n) is 2.32. The standard InChI is InChI=1S/C14H20N2/c1-11(2)10-12-5-7-13(8-6-12)14(16)4-3-9-15/h3-9,11H,10,15-16H2,1-2H3/b9-3-,14-4-. The van der Waals surface area contributed by atoms with Gasteiger partial charge in [-0.15, -0.1) is 0 Å². The lowest BCUT2D eigenvalue weighted by Crippen LogP contribution is -1.98. The average Bonchev–Trinajstić information content (AvgIpc) is 2.26. The Bertz CT molecular complexity index is 372. The van der Waals surface area contributed by atoms with Crippen molar-refractivity contribution in [1.82, 2.24) is 0 Å². The highest BCUT2D eigenvalue weighted by Crippen LogP contribution is 2.13. The molecule has 1 aromatic rings. The Balaban J connectivity index is 2.78. The maximum Gasteiger partial charge on any atom is 0.0388 e. The first-order valence-electron chi connectivity index (χ1n) is 5.57. The molecule has 1 rings (SSSR count). The van der Waals surface area contributed by atoms with Crippen molar-refractivity contribution >= 4 is 5.70 Å². The van der Waals surface area contributed by atoms with Gasteiger partial charge in [-0.3, -0.25) is 0 Å². The molecule has 0 radical (unpaired) electrons. The van der Waals surface area contributed by atoms with Crippen LogP contribution < -0.4 is 11.5 Å². The molecule has 4 N–H and O–H groups in total.